The molecule has 1 aromatic heterocycles. The number of halogens is 1. The number of hydrogen-bond acceptors (Lipinski definition) is 5. The summed E-state index contributed by atoms with van der Waals surface area (Å²) in [5, 5.41) is 15.9. The minimum atomic E-state index is -0.318. The van der Waals surface area contributed by atoms with Crippen molar-refractivity contribution in [3.63, 3.8) is 0 Å². The largest absolute Gasteiger partial charge is 0.497 e. The van der Waals surface area contributed by atoms with Gasteiger partial charge in [0.1, 0.15) is 5.75 Å². The molecule has 7 nitrogen and oxygen atoms in total. The molecule has 36 heavy (non-hydrogen) atoms. The quantitative estimate of drug-likeness (QED) is 0.260. The van der Waals surface area contributed by atoms with Crippen LogP contribution in [-0.4, -0.2) is 27.9 Å². The summed E-state index contributed by atoms with van der Waals surface area (Å²) in [6.07, 6.45) is 0. The second kappa shape index (κ2) is 11.5. The minimum absolute atomic E-state index is 0.190. The van der Waals surface area contributed by atoms with Gasteiger partial charge in [0.15, 0.2) is 11.0 Å². The zero-order valence-corrected chi connectivity index (χ0v) is 22.2. The lowest BCUT2D eigenvalue weighted by Gasteiger charge is -2.14. The number of hydrogen-bond donors (Lipinski definition) is 2. The maximum Gasteiger partial charge on any atom is 0.319 e. The van der Waals surface area contributed by atoms with E-state index in [1.807, 2.05) is 86.0 Å². The van der Waals surface area contributed by atoms with Crippen LogP contribution in [0.4, 0.5) is 10.5 Å². The monoisotopic (exact) mass is 521 g/mol. The Balaban J connectivity index is 1.55. The molecule has 0 atom stereocenters. The Morgan fingerprint density at radius 1 is 1.00 bits per heavy atom. The number of nitrogens with zero attached hydrogens (tertiary/aromatic N) is 3. The first-order valence-electron chi connectivity index (χ1n) is 11.4. The second-order valence-electron chi connectivity index (χ2n) is 8.41. The SMILES string of the molecule is COc1cccc(CSc2nnc(CNC(=O)Nc3ccc(C)c(C)c3)n2-c2cc(Cl)ccc2C)c1. The third-order valence-electron chi connectivity index (χ3n) is 5.79. The van der Waals surface area contributed by atoms with E-state index in [0.717, 1.165) is 33.8 Å². The molecule has 2 amide bonds. The molecule has 0 unspecified atom stereocenters. The van der Waals surface area contributed by atoms with Gasteiger partial charge in [0.05, 0.1) is 19.3 Å². The average Bonchev–Trinajstić information content (AvgIpc) is 3.28. The number of thioether (sulfide) groups is 1. The molecule has 2 N–H and O–H groups in total. The third kappa shape index (κ3) is 6.19. The predicted octanol–water partition coefficient (Wildman–Crippen LogP) is 6.47. The standard InChI is InChI=1S/C27H28ClN5O2S/c1-17-9-11-22(12-19(17)3)30-26(34)29-15-25-31-32-27(33(25)24-14-21(28)10-8-18(24)2)36-16-20-6-5-7-23(13-20)35-4/h5-14H,15-16H2,1-4H3,(H2,29,30,34). The molecule has 186 valence electrons. The molecule has 0 aliphatic carbocycles. The second-order valence-corrected chi connectivity index (χ2v) is 9.79. The maximum atomic E-state index is 12.6. The lowest BCUT2D eigenvalue weighted by Crippen LogP contribution is -2.29. The Hall–Kier alpha value is -3.49. The van der Waals surface area contributed by atoms with E-state index in [9.17, 15) is 4.79 Å². The first kappa shape index (κ1) is 25.6. The average molecular weight is 522 g/mol. The molecular weight excluding hydrogens is 494 g/mol. The normalized spacial score (nSPS) is 10.8. The fourth-order valence-electron chi connectivity index (χ4n) is 3.64. The van der Waals surface area contributed by atoms with E-state index in [2.05, 4.69) is 20.8 Å². The summed E-state index contributed by atoms with van der Waals surface area (Å²) in [5.41, 5.74) is 6.00. The van der Waals surface area contributed by atoms with Gasteiger partial charge in [-0.1, -0.05) is 47.6 Å². The van der Waals surface area contributed by atoms with Crippen LogP contribution in [0.25, 0.3) is 5.69 Å². The predicted molar refractivity (Wildman–Crippen MR) is 145 cm³/mol. The molecule has 1 heterocycles. The fraction of sp³-hybridized carbons (Fsp3) is 0.222. The highest BCUT2D eigenvalue weighted by Crippen LogP contribution is 2.29. The van der Waals surface area contributed by atoms with E-state index in [1.54, 1.807) is 18.9 Å². The zero-order chi connectivity index (χ0) is 25.7. The van der Waals surface area contributed by atoms with E-state index in [1.165, 1.54) is 5.56 Å². The number of carbonyl (C=O) groups excluding carboxylic acids is 1. The molecule has 0 spiro atoms. The number of methoxy groups -OCH3 is 1. The Morgan fingerprint density at radius 2 is 1.81 bits per heavy atom. The summed E-state index contributed by atoms with van der Waals surface area (Å²) in [7, 11) is 1.65. The van der Waals surface area contributed by atoms with Gasteiger partial charge in [-0.25, -0.2) is 4.79 Å². The Labute approximate surface area is 220 Å². The summed E-state index contributed by atoms with van der Waals surface area (Å²) < 4.78 is 7.29. The molecule has 0 saturated heterocycles. The molecule has 0 aliphatic rings. The molecule has 4 rings (SSSR count). The lowest BCUT2D eigenvalue weighted by molar-refractivity contribution is 0.251. The molecule has 9 heteroatoms. The summed E-state index contributed by atoms with van der Waals surface area (Å²) in [5.74, 6) is 2.08. The van der Waals surface area contributed by atoms with Crippen LogP contribution in [0.5, 0.6) is 5.75 Å². The number of anilines is 1. The summed E-state index contributed by atoms with van der Waals surface area (Å²) in [6.45, 7) is 6.24. The number of aromatic nitrogens is 3. The first-order chi connectivity index (χ1) is 17.3. The van der Waals surface area contributed by atoms with Crippen molar-refractivity contribution in [3.05, 3.63) is 93.8 Å². The van der Waals surface area contributed by atoms with Crippen molar-refractivity contribution in [2.24, 2.45) is 0 Å². The van der Waals surface area contributed by atoms with Gasteiger partial charge in [-0.15, -0.1) is 10.2 Å². The van der Waals surface area contributed by atoms with Crippen molar-refractivity contribution in [3.8, 4) is 11.4 Å². The maximum absolute atomic E-state index is 12.6. The molecule has 0 fully saturated rings. The third-order valence-corrected chi connectivity index (χ3v) is 7.02. The fourth-order valence-corrected chi connectivity index (χ4v) is 4.71. The Bertz CT molecular complexity index is 1390. The van der Waals surface area contributed by atoms with Crippen molar-refractivity contribution < 1.29 is 9.53 Å². The molecule has 4 aromatic rings. The van der Waals surface area contributed by atoms with Gasteiger partial charge >= 0.3 is 6.03 Å². The summed E-state index contributed by atoms with van der Waals surface area (Å²) in [4.78, 5) is 12.6. The van der Waals surface area contributed by atoms with Gasteiger partial charge in [0.2, 0.25) is 0 Å². The van der Waals surface area contributed by atoms with E-state index in [4.69, 9.17) is 16.3 Å². The van der Waals surface area contributed by atoms with Crippen LogP contribution in [0.15, 0.2) is 65.8 Å². The molecule has 3 aromatic carbocycles. The highest BCUT2D eigenvalue weighted by molar-refractivity contribution is 7.98. The highest BCUT2D eigenvalue weighted by atomic mass is 35.5. The van der Waals surface area contributed by atoms with Gasteiger partial charge < -0.3 is 15.4 Å². The number of ether oxygens (including phenoxy) is 1. The Kier molecular flexibility index (Phi) is 8.18. The van der Waals surface area contributed by atoms with Crippen molar-refractivity contribution in [1.82, 2.24) is 20.1 Å². The van der Waals surface area contributed by atoms with Crippen LogP contribution >= 0.6 is 23.4 Å². The summed E-state index contributed by atoms with van der Waals surface area (Å²) in [6, 6.07) is 19.1. The molecule has 0 radical (unpaired) electrons. The van der Waals surface area contributed by atoms with E-state index >= 15 is 0 Å². The number of urea groups is 1. The van der Waals surface area contributed by atoms with Gasteiger partial charge in [-0.2, -0.15) is 0 Å². The lowest BCUT2D eigenvalue weighted by atomic mass is 10.1. The summed E-state index contributed by atoms with van der Waals surface area (Å²) >= 11 is 7.88. The van der Waals surface area contributed by atoms with Crippen molar-refractivity contribution in [1.29, 1.82) is 0 Å². The van der Waals surface area contributed by atoms with E-state index in [0.29, 0.717) is 21.8 Å². The minimum Gasteiger partial charge on any atom is -0.497 e. The van der Waals surface area contributed by atoms with Crippen LogP contribution in [0, 0.1) is 20.8 Å². The molecule has 0 bridgehead atoms. The molecule has 0 saturated carbocycles. The van der Waals surface area contributed by atoms with Crippen molar-refractivity contribution >= 4 is 35.1 Å². The van der Waals surface area contributed by atoms with Crippen LogP contribution in [0.2, 0.25) is 5.02 Å². The van der Waals surface area contributed by atoms with E-state index in [-0.39, 0.29) is 12.6 Å². The molecule has 0 aliphatic heterocycles. The van der Waals surface area contributed by atoms with Gasteiger partial charge in [0, 0.05) is 16.5 Å². The van der Waals surface area contributed by atoms with Crippen molar-refractivity contribution in [2.45, 2.75) is 38.2 Å². The van der Waals surface area contributed by atoms with E-state index < -0.39 is 0 Å². The van der Waals surface area contributed by atoms with Crippen molar-refractivity contribution in [2.75, 3.05) is 12.4 Å². The molecular formula is C27H28ClN5O2S. The smallest absolute Gasteiger partial charge is 0.319 e. The van der Waals surface area contributed by atoms with Crippen LogP contribution in [-0.2, 0) is 12.3 Å². The number of rotatable bonds is 8. The first-order valence-corrected chi connectivity index (χ1v) is 12.8. The van der Waals surface area contributed by atoms with Gasteiger partial charge in [0.25, 0.3) is 0 Å². The zero-order valence-electron chi connectivity index (χ0n) is 20.6. The van der Waals surface area contributed by atoms with Crippen LogP contribution < -0.4 is 15.4 Å². The van der Waals surface area contributed by atoms with Gasteiger partial charge in [-0.05, 0) is 79.4 Å². The highest BCUT2D eigenvalue weighted by Gasteiger charge is 2.18. The van der Waals surface area contributed by atoms with Crippen LogP contribution in [0.1, 0.15) is 28.1 Å². The number of benzene rings is 3. The van der Waals surface area contributed by atoms with Crippen LogP contribution in [0.3, 0.4) is 0 Å². The Morgan fingerprint density at radius 3 is 2.58 bits per heavy atom. The number of carbonyl (C=O) groups is 1. The van der Waals surface area contributed by atoms with Gasteiger partial charge in [-0.3, -0.25) is 4.57 Å². The number of aryl methyl sites for hydroxylation is 3. The topological polar surface area (TPSA) is 81.1 Å². The number of nitrogens with one attached hydrogen (secondary N) is 2. The number of amides is 2.